The van der Waals surface area contributed by atoms with Crippen LogP contribution < -0.4 is 4.31 Å². The number of hydrogen-bond donors (Lipinski definition) is 1. The Bertz CT molecular complexity index is 305. The van der Waals surface area contributed by atoms with Crippen molar-refractivity contribution in [1.82, 2.24) is 0 Å². The minimum absolute atomic E-state index is 0.461. The van der Waals surface area contributed by atoms with E-state index in [1.54, 1.807) is 24.3 Å². The largest absolute Gasteiger partial charge is 0.289 e. The van der Waals surface area contributed by atoms with Crippen LogP contribution in [0.4, 0.5) is 5.69 Å². The maximum Gasteiger partial charge on any atom is 0.261 e. The lowest BCUT2D eigenvalue weighted by molar-refractivity contribution is 0.562. The Morgan fingerprint density at radius 1 is 1.50 bits per heavy atom. The normalized spacial score (nSPS) is 12.6. The van der Waals surface area contributed by atoms with Gasteiger partial charge in [-0.2, -0.15) is 0 Å². The third-order valence-electron chi connectivity index (χ3n) is 1.43. The average molecular weight is 206 g/mol. The second-order valence-corrected chi connectivity index (χ2v) is 3.60. The van der Waals surface area contributed by atoms with Crippen molar-refractivity contribution in [2.45, 2.75) is 0 Å². The van der Waals surface area contributed by atoms with Crippen LogP contribution in [0.2, 0.25) is 5.02 Å². The maximum atomic E-state index is 10.6. The molecule has 1 atom stereocenters. The van der Waals surface area contributed by atoms with E-state index in [1.807, 2.05) is 0 Å². The van der Waals surface area contributed by atoms with Crippen LogP contribution in [-0.2, 0) is 11.3 Å². The van der Waals surface area contributed by atoms with Gasteiger partial charge in [0, 0.05) is 7.05 Å². The molecule has 3 nitrogen and oxygen atoms in total. The molecule has 0 heterocycles. The van der Waals surface area contributed by atoms with Crippen LogP contribution in [0.15, 0.2) is 24.3 Å². The van der Waals surface area contributed by atoms with Gasteiger partial charge in [-0.25, -0.2) is 4.21 Å². The summed E-state index contributed by atoms with van der Waals surface area (Å²) in [4.78, 5) is 0. The number of hydrogen-bond acceptors (Lipinski definition) is 1. The van der Waals surface area contributed by atoms with Gasteiger partial charge in [-0.3, -0.25) is 8.86 Å². The number of rotatable bonds is 2. The molecule has 0 fully saturated rings. The molecular formula is C7H8ClNO2S. The molecule has 0 spiro atoms. The van der Waals surface area contributed by atoms with Gasteiger partial charge in [-0.05, 0) is 12.1 Å². The van der Waals surface area contributed by atoms with Crippen molar-refractivity contribution in [2.24, 2.45) is 0 Å². The summed E-state index contributed by atoms with van der Waals surface area (Å²) < 4.78 is 20.6. The lowest BCUT2D eigenvalue weighted by atomic mass is 10.3. The SMILES string of the molecule is CN(c1ccccc1Cl)S(=O)O. The molecular weight excluding hydrogens is 198 g/mol. The molecule has 0 amide bonds. The highest BCUT2D eigenvalue weighted by Gasteiger charge is 2.08. The average Bonchev–Trinajstić information content (AvgIpc) is 2.04. The Morgan fingerprint density at radius 3 is 2.58 bits per heavy atom. The summed E-state index contributed by atoms with van der Waals surface area (Å²) in [6.45, 7) is 0. The summed E-state index contributed by atoms with van der Waals surface area (Å²) in [6.07, 6.45) is 0. The van der Waals surface area contributed by atoms with Gasteiger partial charge in [0.05, 0.1) is 10.7 Å². The van der Waals surface area contributed by atoms with Crippen LogP contribution in [-0.4, -0.2) is 15.8 Å². The van der Waals surface area contributed by atoms with E-state index in [0.29, 0.717) is 10.7 Å². The first-order valence-corrected chi connectivity index (χ1v) is 4.66. The first-order chi connectivity index (χ1) is 5.63. The molecule has 0 saturated heterocycles. The zero-order chi connectivity index (χ0) is 9.14. The van der Waals surface area contributed by atoms with Crippen LogP contribution in [0.1, 0.15) is 0 Å². The summed E-state index contributed by atoms with van der Waals surface area (Å²) in [6, 6.07) is 6.86. The smallest absolute Gasteiger partial charge is 0.261 e. The van der Waals surface area contributed by atoms with Gasteiger partial charge in [-0.1, -0.05) is 23.7 Å². The number of para-hydroxylation sites is 1. The highest BCUT2D eigenvalue weighted by atomic mass is 35.5. The van der Waals surface area contributed by atoms with Crippen molar-refractivity contribution in [3.05, 3.63) is 29.3 Å². The van der Waals surface area contributed by atoms with Crippen molar-refractivity contribution in [1.29, 1.82) is 0 Å². The summed E-state index contributed by atoms with van der Waals surface area (Å²) in [5.41, 5.74) is 0.542. The molecule has 1 unspecified atom stereocenters. The summed E-state index contributed by atoms with van der Waals surface area (Å²) >= 11 is 3.75. The Morgan fingerprint density at radius 2 is 2.08 bits per heavy atom. The van der Waals surface area contributed by atoms with E-state index in [4.69, 9.17) is 16.2 Å². The van der Waals surface area contributed by atoms with Crippen LogP contribution in [0.25, 0.3) is 0 Å². The molecule has 5 heteroatoms. The lowest BCUT2D eigenvalue weighted by Gasteiger charge is -2.14. The Balaban J connectivity index is 3.02. The van der Waals surface area contributed by atoms with Crippen LogP contribution in [0.5, 0.6) is 0 Å². The fourth-order valence-electron chi connectivity index (χ4n) is 0.791. The summed E-state index contributed by atoms with van der Waals surface area (Å²) in [5, 5.41) is 0.461. The van der Waals surface area contributed by atoms with E-state index in [1.165, 1.54) is 11.4 Å². The van der Waals surface area contributed by atoms with E-state index in [-0.39, 0.29) is 0 Å². The zero-order valence-corrected chi connectivity index (χ0v) is 7.97. The second kappa shape index (κ2) is 3.89. The van der Waals surface area contributed by atoms with Crippen LogP contribution in [0, 0.1) is 0 Å². The summed E-state index contributed by atoms with van der Waals surface area (Å²) in [5.74, 6) is 0. The molecule has 12 heavy (non-hydrogen) atoms. The molecule has 1 rings (SSSR count). The maximum absolute atomic E-state index is 10.6. The van der Waals surface area contributed by atoms with E-state index in [0.717, 1.165) is 0 Å². The third kappa shape index (κ3) is 1.97. The predicted molar refractivity (Wildman–Crippen MR) is 50.6 cm³/mol. The monoisotopic (exact) mass is 205 g/mol. The van der Waals surface area contributed by atoms with E-state index < -0.39 is 11.3 Å². The first kappa shape index (κ1) is 9.51. The Kier molecular flexibility index (Phi) is 3.08. The quantitative estimate of drug-likeness (QED) is 0.750. The lowest BCUT2D eigenvalue weighted by Crippen LogP contribution is -2.19. The van der Waals surface area contributed by atoms with Crippen LogP contribution >= 0.6 is 11.6 Å². The Labute approximate surface area is 78.4 Å². The van der Waals surface area contributed by atoms with Gasteiger partial charge in [0.25, 0.3) is 11.3 Å². The molecule has 0 aromatic heterocycles. The van der Waals surface area contributed by atoms with E-state index in [9.17, 15) is 4.21 Å². The molecule has 1 N–H and O–H groups in total. The van der Waals surface area contributed by atoms with E-state index >= 15 is 0 Å². The molecule has 0 aliphatic carbocycles. The third-order valence-corrected chi connectivity index (χ3v) is 2.41. The number of halogens is 1. The first-order valence-electron chi connectivity index (χ1n) is 3.22. The molecule has 0 aliphatic rings. The minimum Gasteiger partial charge on any atom is -0.289 e. The molecule has 0 saturated carbocycles. The Hall–Kier alpha value is -0.580. The molecule has 1 aromatic carbocycles. The number of anilines is 1. The van der Waals surface area contributed by atoms with Crippen molar-refractivity contribution in [3.8, 4) is 0 Å². The molecule has 0 aliphatic heterocycles. The fraction of sp³-hybridized carbons (Fsp3) is 0.143. The van der Waals surface area contributed by atoms with Gasteiger partial charge >= 0.3 is 0 Å². The fourth-order valence-corrected chi connectivity index (χ4v) is 1.43. The van der Waals surface area contributed by atoms with Crippen molar-refractivity contribution in [2.75, 3.05) is 11.4 Å². The minimum atomic E-state index is -2.02. The van der Waals surface area contributed by atoms with Crippen LogP contribution in [0.3, 0.4) is 0 Å². The molecule has 0 bridgehead atoms. The highest BCUT2D eigenvalue weighted by molar-refractivity contribution is 7.80. The molecule has 66 valence electrons. The standard InChI is InChI=1S/C7H8ClNO2S/c1-9(12(10)11)7-5-3-2-4-6(7)8/h2-5H,1H3,(H,10,11). The number of benzene rings is 1. The topological polar surface area (TPSA) is 40.5 Å². The van der Waals surface area contributed by atoms with Gasteiger partial charge in [0.1, 0.15) is 0 Å². The predicted octanol–water partition coefficient (Wildman–Crippen LogP) is 1.91. The highest BCUT2D eigenvalue weighted by Crippen LogP contribution is 2.24. The van der Waals surface area contributed by atoms with Crippen molar-refractivity contribution in [3.63, 3.8) is 0 Å². The van der Waals surface area contributed by atoms with Crippen molar-refractivity contribution < 1.29 is 8.76 Å². The van der Waals surface area contributed by atoms with Gasteiger partial charge in [0.15, 0.2) is 0 Å². The van der Waals surface area contributed by atoms with Gasteiger partial charge in [-0.15, -0.1) is 0 Å². The number of nitrogens with zero attached hydrogens (tertiary/aromatic N) is 1. The van der Waals surface area contributed by atoms with Gasteiger partial charge in [0.2, 0.25) is 0 Å². The van der Waals surface area contributed by atoms with E-state index in [2.05, 4.69) is 0 Å². The van der Waals surface area contributed by atoms with Crippen molar-refractivity contribution >= 4 is 28.6 Å². The van der Waals surface area contributed by atoms with Gasteiger partial charge < -0.3 is 0 Å². The second-order valence-electron chi connectivity index (χ2n) is 2.18. The zero-order valence-electron chi connectivity index (χ0n) is 6.40. The molecule has 0 radical (unpaired) electrons. The molecule has 1 aromatic rings. The summed E-state index contributed by atoms with van der Waals surface area (Å²) in [7, 11) is 1.50.